The van der Waals surface area contributed by atoms with Crippen molar-refractivity contribution in [2.75, 3.05) is 0 Å². The fourth-order valence-corrected chi connectivity index (χ4v) is 1.17. The summed E-state index contributed by atoms with van der Waals surface area (Å²) in [4.78, 5) is 2.99. The summed E-state index contributed by atoms with van der Waals surface area (Å²) in [6, 6.07) is 1.75. The molecule has 0 aromatic carbocycles. The highest BCUT2D eigenvalue weighted by Crippen LogP contribution is 2.31. The van der Waals surface area contributed by atoms with E-state index in [1.54, 1.807) is 0 Å². The van der Waals surface area contributed by atoms with E-state index in [1.165, 1.54) is 0 Å². The zero-order valence-corrected chi connectivity index (χ0v) is 7.47. The lowest BCUT2D eigenvalue weighted by atomic mass is 10.3. The quantitative estimate of drug-likeness (QED) is 0.687. The molecule has 0 amide bonds. The van der Waals surface area contributed by atoms with Crippen molar-refractivity contribution in [3.8, 4) is 0 Å². The van der Waals surface area contributed by atoms with Gasteiger partial charge in [0, 0.05) is 11.0 Å². The minimum atomic E-state index is -4.79. The van der Waals surface area contributed by atoms with Gasteiger partial charge in [-0.2, -0.15) is 13.2 Å². The standard InChI is InChI=1S/C6H2ClF4NS/c7-13-4-2-1-3(8)5(12-4)6(9,10)11/h1-2H. The van der Waals surface area contributed by atoms with Gasteiger partial charge in [-0.1, -0.05) is 0 Å². The maximum atomic E-state index is 12.6. The third-order valence-corrected chi connectivity index (χ3v) is 2.03. The number of hydrogen-bond donors (Lipinski definition) is 0. The van der Waals surface area contributed by atoms with E-state index in [-0.39, 0.29) is 5.03 Å². The third-order valence-electron chi connectivity index (χ3n) is 1.17. The van der Waals surface area contributed by atoms with Gasteiger partial charge in [-0.15, -0.1) is 0 Å². The molecule has 72 valence electrons. The highest BCUT2D eigenvalue weighted by atomic mass is 35.7. The highest BCUT2D eigenvalue weighted by Gasteiger charge is 2.36. The SMILES string of the molecule is Fc1ccc(SCl)nc1C(F)(F)F. The van der Waals surface area contributed by atoms with Crippen LogP contribution in [0, 0.1) is 5.82 Å². The summed E-state index contributed by atoms with van der Waals surface area (Å²) in [7, 11) is 5.67. The Labute approximate surface area is 79.6 Å². The van der Waals surface area contributed by atoms with Gasteiger partial charge >= 0.3 is 6.18 Å². The Morgan fingerprint density at radius 1 is 1.31 bits per heavy atom. The molecule has 1 heterocycles. The lowest BCUT2D eigenvalue weighted by Gasteiger charge is -2.06. The van der Waals surface area contributed by atoms with Crippen molar-refractivity contribution in [3.63, 3.8) is 0 Å². The number of nitrogens with zero attached hydrogens (tertiary/aromatic N) is 1. The van der Waals surface area contributed by atoms with Crippen molar-refractivity contribution in [2.45, 2.75) is 11.2 Å². The first-order valence-electron chi connectivity index (χ1n) is 2.97. The first-order chi connectivity index (χ1) is 5.95. The molecule has 1 nitrogen and oxygen atoms in total. The molecule has 0 fully saturated rings. The van der Waals surface area contributed by atoms with E-state index in [0.29, 0.717) is 17.0 Å². The minimum absolute atomic E-state index is 0.0876. The summed E-state index contributed by atoms with van der Waals surface area (Å²) in [5, 5.41) is -0.0876. The lowest BCUT2D eigenvalue weighted by molar-refractivity contribution is -0.144. The predicted molar refractivity (Wildman–Crippen MR) is 40.9 cm³/mol. The molecule has 0 saturated carbocycles. The summed E-state index contributed by atoms with van der Waals surface area (Å²) in [5.41, 5.74) is -1.54. The Bertz CT molecular complexity index is 314. The van der Waals surface area contributed by atoms with Gasteiger partial charge in [-0.05, 0) is 22.8 Å². The van der Waals surface area contributed by atoms with Crippen LogP contribution in [0.4, 0.5) is 17.6 Å². The van der Waals surface area contributed by atoms with E-state index in [1.807, 2.05) is 0 Å². The Hall–Kier alpha value is -0.490. The lowest BCUT2D eigenvalue weighted by Crippen LogP contribution is -2.11. The molecule has 1 rings (SSSR count). The van der Waals surface area contributed by atoms with E-state index < -0.39 is 17.7 Å². The molecule has 0 radical (unpaired) electrons. The summed E-state index contributed by atoms with van der Waals surface area (Å²) in [6.45, 7) is 0. The van der Waals surface area contributed by atoms with Gasteiger partial charge in [0.25, 0.3) is 0 Å². The maximum Gasteiger partial charge on any atom is 0.436 e. The van der Waals surface area contributed by atoms with E-state index in [4.69, 9.17) is 10.7 Å². The maximum absolute atomic E-state index is 12.6. The molecule has 7 heteroatoms. The summed E-state index contributed by atoms with van der Waals surface area (Å²) < 4.78 is 48.6. The molecule has 0 unspecified atom stereocenters. The molecule has 0 aliphatic rings. The number of halogens is 5. The third kappa shape index (κ3) is 2.47. The van der Waals surface area contributed by atoms with Crippen molar-refractivity contribution in [2.24, 2.45) is 0 Å². The molecular formula is C6H2ClF4NS. The van der Waals surface area contributed by atoms with Gasteiger partial charge in [-0.25, -0.2) is 9.37 Å². The molecule has 0 saturated heterocycles. The number of aromatic nitrogens is 1. The van der Waals surface area contributed by atoms with Gasteiger partial charge in [0.05, 0.1) is 0 Å². The zero-order valence-electron chi connectivity index (χ0n) is 5.90. The van der Waals surface area contributed by atoms with Crippen molar-refractivity contribution >= 4 is 21.7 Å². The van der Waals surface area contributed by atoms with Crippen molar-refractivity contribution in [1.82, 2.24) is 4.98 Å². The van der Waals surface area contributed by atoms with E-state index in [0.717, 1.165) is 6.07 Å². The molecule has 1 aromatic heterocycles. The number of alkyl halides is 3. The van der Waals surface area contributed by atoms with E-state index in [2.05, 4.69) is 4.98 Å². The minimum Gasteiger partial charge on any atom is -0.233 e. The average molecular weight is 232 g/mol. The highest BCUT2D eigenvalue weighted by molar-refractivity contribution is 8.21. The van der Waals surface area contributed by atoms with Crippen molar-refractivity contribution in [1.29, 1.82) is 0 Å². The second-order valence-electron chi connectivity index (χ2n) is 2.05. The van der Waals surface area contributed by atoms with Crippen molar-refractivity contribution < 1.29 is 17.6 Å². The largest absolute Gasteiger partial charge is 0.436 e. The Morgan fingerprint density at radius 3 is 2.38 bits per heavy atom. The molecule has 1 aromatic rings. The Kier molecular flexibility index (Phi) is 3.02. The first-order valence-corrected chi connectivity index (χ1v) is 4.61. The molecule has 0 aliphatic carbocycles. The van der Waals surface area contributed by atoms with Gasteiger partial charge in [0.2, 0.25) is 0 Å². The van der Waals surface area contributed by atoms with E-state index in [9.17, 15) is 17.6 Å². The molecule has 0 spiro atoms. The van der Waals surface area contributed by atoms with Crippen LogP contribution in [0.5, 0.6) is 0 Å². The van der Waals surface area contributed by atoms with Crippen LogP contribution in [0.3, 0.4) is 0 Å². The second kappa shape index (κ2) is 3.71. The normalized spacial score (nSPS) is 11.8. The Balaban J connectivity index is 3.19. The smallest absolute Gasteiger partial charge is 0.233 e. The van der Waals surface area contributed by atoms with Crippen LogP contribution < -0.4 is 0 Å². The molecule has 0 bridgehead atoms. The summed E-state index contributed by atoms with van der Waals surface area (Å²) in [6.07, 6.45) is -4.79. The number of hydrogen-bond acceptors (Lipinski definition) is 2. The van der Waals surface area contributed by atoms with Crippen LogP contribution in [0.15, 0.2) is 17.2 Å². The molecule has 0 atom stereocenters. The van der Waals surface area contributed by atoms with Gasteiger partial charge in [0.1, 0.15) is 5.03 Å². The van der Waals surface area contributed by atoms with Crippen LogP contribution in [-0.4, -0.2) is 4.98 Å². The fourth-order valence-electron chi connectivity index (χ4n) is 0.666. The number of rotatable bonds is 1. The summed E-state index contributed by atoms with van der Waals surface area (Å²) in [5.74, 6) is -1.40. The molecule has 13 heavy (non-hydrogen) atoms. The van der Waals surface area contributed by atoms with Gasteiger partial charge in [0.15, 0.2) is 11.5 Å². The monoisotopic (exact) mass is 231 g/mol. The van der Waals surface area contributed by atoms with Crippen molar-refractivity contribution in [3.05, 3.63) is 23.6 Å². The van der Waals surface area contributed by atoms with Crippen LogP contribution in [0.1, 0.15) is 5.69 Å². The molecule has 0 aliphatic heterocycles. The molecular weight excluding hydrogens is 230 g/mol. The molecule has 0 N–H and O–H groups in total. The second-order valence-corrected chi connectivity index (χ2v) is 3.09. The average Bonchev–Trinajstić information content (AvgIpc) is 2.03. The Morgan fingerprint density at radius 2 is 1.92 bits per heavy atom. The zero-order chi connectivity index (χ0) is 10.1. The van der Waals surface area contributed by atoms with Gasteiger partial charge in [-0.3, -0.25) is 0 Å². The van der Waals surface area contributed by atoms with E-state index >= 15 is 0 Å². The summed E-state index contributed by atoms with van der Waals surface area (Å²) >= 11 is 0. The first kappa shape index (κ1) is 10.6. The fraction of sp³-hybridized carbons (Fsp3) is 0.167. The van der Waals surface area contributed by atoms with Gasteiger partial charge < -0.3 is 0 Å². The predicted octanol–water partition coefficient (Wildman–Crippen LogP) is 3.49. The topological polar surface area (TPSA) is 12.9 Å². The van der Waals surface area contributed by atoms with Crippen LogP contribution >= 0.6 is 21.7 Å². The van der Waals surface area contributed by atoms with Crippen LogP contribution in [0.2, 0.25) is 0 Å². The van der Waals surface area contributed by atoms with Crippen LogP contribution in [-0.2, 0) is 6.18 Å². The van der Waals surface area contributed by atoms with Crippen LogP contribution in [0.25, 0.3) is 0 Å². The number of pyridine rings is 1.